The molecule has 0 atom stereocenters. The predicted octanol–water partition coefficient (Wildman–Crippen LogP) is 4.20. The summed E-state index contributed by atoms with van der Waals surface area (Å²) in [5.41, 5.74) is 5.65. The van der Waals surface area contributed by atoms with Gasteiger partial charge in [-0.05, 0) is 36.4 Å². The highest BCUT2D eigenvalue weighted by Crippen LogP contribution is 2.32. The Morgan fingerprint density at radius 3 is 2.36 bits per heavy atom. The van der Waals surface area contributed by atoms with E-state index in [1.165, 1.54) is 16.6 Å². The Bertz CT molecular complexity index is 904. The Kier molecular flexibility index (Phi) is 2.86. The summed E-state index contributed by atoms with van der Waals surface area (Å²) in [6.45, 7) is 0. The van der Waals surface area contributed by atoms with Gasteiger partial charge in [0.05, 0.1) is 16.9 Å². The van der Waals surface area contributed by atoms with Crippen molar-refractivity contribution in [3.63, 3.8) is 0 Å². The maximum absolute atomic E-state index is 4.82. The van der Waals surface area contributed by atoms with Gasteiger partial charge in [0.25, 0.3) is 0 Å². The molecule has 1 heterocycles. The molecule has 0 spiro atoms. The highest BCUT2D eigenvalue weighted by Gasteiger charge is 2.13. The minimum absolute atomic E-state index is 1.01. The lowest BCUT2D eigenvalue weighted by atomic mass is 10.1. The quantitative estimate of drug-likeness (QED) is 0.551. The summed E-state index contributed by atoms with van der Waals surface area (Å²) in [5.74, 6) is 0. The molecule has 2 aromatic carbocycles. The largest absolute Gasteiger partial charge is 0.378 e. The number of rotatable bonds is 2. The molecule has 1 aliphatic heterocycles. The molecule has 0 saturated heterocycles. The SMILES string of the molecule is CN(C)c1ccc(-n2nc3ccccc3c3cccc2-3)cc1. The number of benzene rings is 2. The molecule has 0 saturated carbocycles. The number of fused-ring (bicyclic) bond motifs is 3. The maximum atomic E-state index is 4.82. The number of anilines is 1. The van der Waals surface area contributed by atoms with Crippen molar-refractivity contribution in [2.45, 2.75) is 0 Å². The van der Waals surface area contributed by atoms with Gasteiger partial charge in [-0.1, -0.05) is 30.3 Å². The van der Waals surface area contributed by atoms with Crippen molar-refractivity contribution in [2.24, 2.45) is 0 Å². The lowest BCUT2D eigenvalue weighted by Gasteiger charge is -2.16. The van der Waals surface area contributed by atoms with Crippen molar-refractivity contribution in [2.75, 3.05) is 19.0 Å². The molecule has 0 aromatic heterocycles. The van der Waals surface area contributed by atoms with Gasteiger partial charge in [0, 0.05) is 30.7 Å². The molecule has 0 bridgehead atoms. The summed E-state index contributed by atoms with van der Waals surface area (Å²) in [6.07, 6.45) is 0. The second-order valence-corrected chi connectivity index (χ2v) is 5.66. The minimum atomic E-state index is 1.01. The average Bonchev–Trinajstić information content (AvgIpc) is 3.04. The van der Waals surface area contributed by atoms with Crippen LogP contribution < -0.4 is 4.90 Å². The monoisotopic (exact) mass is 287 g/mol. The Morgan fingerprint density at radius 1 is 0.818 bits per heavy atom. The van der Waals surface area contributed by atoms with Crippen LogP contribution in [-0.2, 0) is 0 Å². The fourth-order valence-electron chi connectivity index (χ4n) is 2.86. The summed E-state index contributed by atoms with van der Waals surface area (Å²) >= 11 is 0. The molecule has 1 aliphatic carbocycles. The van der Waals surface area contributed by atoms with Crippen LogP contribution in [0.4, 0.5) is 5.69 Å². The summed E-state index contributed by atoms with van der Waals surface area (Å²) in [5, 5.41) is 6.02. The van der Waals surface area contributed by atoms with E-state index in [2.05, 4.69) is 65.6 Å². The average molecular weight is 287 g/mol. The number of nitrogens with zero attached hydrogens (tertiary/aromatic N) is 3. The van der Waals surface area contributed by atoms with Gasteiger partial charge in [-0.15, -0.1) is 0 Å². The first-order valence-corrected chi connectivity index (χ1v) is 7.38. The Morgan fingerprint density at radius 2 is 1.59 bits per heavy atom. The first-order valence-electron chi connectivity index (χ1n) is 7.38. The Hall–Kier alpha value is -2.81. The molecule has 3 heteroatoms. The van der Waals surface area contributed by atoms with E-state index in [1.807, 2.05) is 24.8 Å². The van der Waals surface area contributed by atoms with Gasteiger partial charge < -0.3 is 4.90 Å². The predicted molar refractivity (Wildman–Crippen MR) is 92.0 cm³/mol. The van der Waals surface area contributed by atoms with E-state index in [0.29, 0.717) is 0 Å². The van der Waals surface area contributed by atoms with Crippen LogP contribution in [0.15, 0.2) is 66.7 Å². The van der Waals surface area contributed by atoms with Crippen LogP contribution in [0.3, 0.4) is 0 Å². The van der Waals surface area contributed by atoms with Gasteiger partial charge in [0.1, 0.15) is 0 Å². The van der Waals surface area contributed by atoms with E-state index < -0.39 is 0 Å². The minimum Gasteiger partial charge on any atom is -0.378 e. The number of hydrogen-bond donors (Lipinski definition) is 0. The molecule has 0 fully saturated rings. The third-order valence-corrected chi connectivity index (χ3v) is 4.03. The van der Waals surface area contributed by atoms with Gasteiger partial charge in [-0.25, -0.2) is 4.68 Å². The molecule has 4 rings (SSSR count). The van der Waals surface area contributed by atoms with Gasteiger partial charge in [-0.2, -0.15) is 5.10 Å². The Labute approximate surface area is 129 Å². The molecule has 2 aliphatic rings. The Balaban J connectivity index is 1.95. The summed E-state index contributed by atoms with van der Waals surface area (Å²) in [7, 11) is 4.09. The van der Waals surface area contributed by atoms with E-state index in [1.54, 1.807) is 0 Å². The summed E-state index contributed by atoms with van der Waals surface area (Å²) in [4.78, 5) is 2.10. The zero-order valence-electron chi connectivity index (χ0n) is 12.7. The van der Waals surface area contributed by atoms with Crippen LogP contribution in [-0.4, -0.2) is 23.9 Å². The third kappa shape index (κ3) is 1.94. The fraction of sp³-hybridized carbons (Fsp3) is 0.105. The van der Waals surface area contributed by atoms with Crippen molar-refractivity contribution in [1.82, 2.24) is 9.78 Å². The van der Waals surface area contributed by atoms with Gasteiger partial charge in [0.15, 0.2) is 0 Å². The van der Waals surface area contributed by atoms with Crippen molar-refractivity contribution in [3.8, 4) is 16.9 Å². The smallest absolute Gasteiger partial charge is 0.0919 e. The number of aromatic nitrogens is 2. The van der Waals surface area contributed by atoms with Crippen LogP contribution in [0.25, 0.3) is 27.8 Å². The van der Waals surface area contributed by atoms with Crippen LogP contribution in [0, 0.1) is 0 Å². The fourth-order valence-corrected chi connectivity index (χ4v) is 2.86. The lowest BCUT2D eigenvalue weighted by Crippen LogP contribution is -2.09. The van der Waals surface area contributed by atoms with Crippen LogP contribution >= 0.6 is 0 Å². The summed E-state index contributed by atoms with van der Waals surface area (Å²) < 4.78 is 2.02. The highest BCUT2D eigenvalue weighted by molar-refractivity contribution is 5.94. The lowest BCUT2D eigenvalue weighted by molar-refractivity contribution is 0.880. The molecule has 3 nitrogen and oxygen atoms in total. The molecular formula is C19H17N3. The first kappa shape index (κ1) is 12.9. The third-order valence-electron chi connectivity index (χ3n) is 4.03. The van der Waals surface area contributed by atoms with E-state index in [-0.39, 0.29) is 0 Å². The first-order chi connectivity index (χ1) is 10.7. The molecule has 0 N–H and O–H groups in total. The van der Waals surface area contributed by atoms with E-state index >= 15 is 0 Å². The van der Waals surface area contributed by atoms with Crippen molar-refractivity contribution in [3.05, 3.63) is 66.7 Å². The molecule has 2 aromatic rings. The van der Waals surface area contributed by atoms with E-state index in [9.17, 15) is 0 Å². The van der Waals surface area contributed by atoms with Crippen molar-refractivity contribution >= 4 is 16.6 Å². The van der Waals surface area contributed by atoms with E-state index in [0.717, 1.165) is 16.9 Å². The second-order valence-electron chi connectivity index (χ2n) is 5.66. The van der Waals surface area contributed by atoms with E-state index in [4.69, 9.17) is 5.10 Å². The standard InChI is InChI=1S/C19H17N3/c1-21(2)14-10-12-15(13-11-14)22-19-9-5-7-17(19)16-6-3-4-8-18(16)20-22/h3-13H,1-2H3. The molecule has 0 unspecified atom stereocenters. The second kappa shape index (κ2) is 4.88. The van der Waals surface area contributed by atoms with Crippen molar-refractivity contribution in [1.29, 1.82) is 0 Å². The van der Waals surface area contributed by atoms with Gasteiger partial charge in [0.2, 0.25) is 0 Å². The molecule has 108 valence electrons. The molecular weight excluding hydrogens is 270 g/mol. The number of hydrogen-bond acceptors (Lipinski definition) is 2. The topological polar surface area (TPSA) is 21.1 Å². The maximum Gasteiger partial charge on any atom is 0.0919 e. The zero-order valence-corrected chi connectivity index (χ0v) is 12.7. The molecule has 0 radical (unpaired) electrons. The van der Waals surface area contributed by atoms with Crippen LogP contribution in [0.2, 0.25) is 0 Å². The highest BCUT2D eigenvalue weighted by atomic mass is 15.3. The molecule has 22 heavy (non-hydrogen) atoms. The normalized spacial score (nSPS) is 11.2. The molecule has 0 amide bonds. The van der Waals surface area contributed by atoms with Gasteiger partial charge >= 0.3 is 0 Å². The zero-order chi connectivity index (χ0) is 15.1. The van der Waals surface area contributed by atoms with Crippen LogP contribution in [0.5, 0.6) is 0 Å². The summed E-state index contributed by atoms with van der Waals surface area (Å²) in [6, 6.07) is 23.1. The van der Waals surface area contributed by atoms with Crippen LogP contribution in [0.1, 0.15) is 0 Å². The van der Waals surface area contributed by atoms with Gasteiger partial charge in [-0.3, -0.25) is 0 Å². The van der Waals surface area contributed by atoms with Crippen molar-refractivity contribution < 1.29 is 0 Å².